The first-order valence-corrected chi connectivity index (χ1v) is 9.89. The molecule has 0 spiro atoms. The van der Waals surface area contributed by atoms with Crippen LogP contribution in [0.3, 0.4) is 0 Å². The van der Waals surface area contributed by atoms with Crippen LogP contribution in [0, 0.1) is 5.82 Å². The van der Waals surface area contributed by atoms with Crippen molar-refractivity contribution >= 4 is 23.5 Å². The van der Waals surface area contributed by atoms with Crippen molar-refractivity contribution in [2.24, 2.45) is 0 Å². The topological polar surface area (TPSA) is 46.2 Å². The van der Waals surface area contributed by atoms with Gasteiger partial charge in [0.15, 0.2) is 5.78 Å². The van der Waals surface area contributed by atoms with E-state index in [4.69, 9.17) is 0 Å². The van der Waals surface area contributed by atoms with Crippen molar-refractivity contribution in [1.82, 2.24) is 5.32 Å². The molecule has 3 rings (SSSR count). The fourth-order valence-electron chi connectivity index (χ4n) is 3.08. The Morgan fingerprint density at radius 3 is 2.65 bits per heavy atom. The van der Waals surface area contributed by atoms with Gasteiger partial charge in [-0.05, 0) is 42.2 Å². The average Bonchev–Trinajstić information content (AvgIpc) is 2.66. The highest BCUT2D eigenvalue weighted by Gasteiger charge is 2.23. The van der Waals surface area contributed by atoms with Crippen molar-refractivity contribution in [3.63, 3.8) is 0 Å². The van der Waals surface area contributed by atoms with E-state index in [1.807, 2.05) is 24.3 Å². The minimum absolute atomic E-state index is 0.0338. The molecule has 0 bridgehead atoms. The van der Waals surface area contributed by atoms with Gasteiger partial charge in [-0.3, -0.25) is 9.59 Å². The van der Waals surface area contributed by atoms with Gasteiger partial charge in [-0.15, -0.1) is 11.8 Å². The van der Waals surface area contributed by atoms with E-state index in [2.05, 4.69) is 12.2 Å². The van der Waals surface area contributed by atoms with E-state index in [0.29, 0.717) is 5.56 Å². The van der Waals surface area contributed by atoms with Crippen molar-refractivity contribution in [2.45, 2.75) is 43.5 Å². The third kappa shape index (κ3) is 4.52. The Kier molecular flexibility index (Phi) is 6.09. The molecule has 1 N–H and O–H groups in total. The van der Waals surface area contributed by atoms with Crippen LogP contribution in [0.5, 0.6) is 0 Å². The van der Waals surface area contributed by atoms with Crippen LogP contribution < -0.4 is 5.32 Å². The van der Waals surface area contributed by atoms with E-state index in [1.165, 1.54) is 17.7 Å². The fourth-order valence-corrected chi connectivity index (χ4v) is 4.19. The monoisotopic (exact) mass is 371 g/mol. The van der Waals surface area contributed by atoms with Gasteiger partial charge in [0.2, 0.25) is 5.91 Å². The molecule has 2 aromatic rings. The van der Waals surface area contributed by atoms with E-state index in [0.717, 1.165) is 29.1 Å². The lowest BCUT2D eigenvalue weighted by Gasteiger charge is -2.26. The van der Waals surface area contributed by atoms with Gasteiger partial charge >= 0.3 is 0 Å². The highest BCUT2D eigenvalue weighted by atomic mass is 32.2. The molecule has 0 saturated carbocycles. The summed E-state index contributed by atoms with van der Waals surface area (Å²) in [5.74, 6) is 0.382. The van der Waals surface area contributed by atoms with Gasteiger partial charge in [0.1, 0.15) is 5.82 Å². The minimum atomic E-state index is -0.295. The minimum Gasteiger partial charge on any atom is -0.349 e. The lowest BCUT2D eigenvalue weighted by molar-refractivity contribution is -0.121. The highest BCUT2D eigenvalue weighted by molar-refractivity contribution is 7.99. The number of Topliss-reactive ketones (excluding diaryl/α,β-unsaturated/α-hetero) is 1. The first-order valence-electron chi connectivity index (χ1n) is 8.90. The summed E-state index contributed by atoms with van der Waals surface area (Å²) in [4.78, 5) is 25.5. The molecule has 0 aliphatic carbocycles. The number of amides is 1. The summed E-state index contributed by atoms with van der Waals surface area (Å²) < 4.78 is 13.5. The SMILES string of the molecule is CCc1ccc(C(=O)CCC(=O)NC2CCSc3ccc(F)cc32)cc1. The molecule has 26 heavy (non-hydrogen) atoms. The number of benzene rings is 2. The van der Waals surface area contributed by atoms with E-state index >= 15 is 0 Å². The van der Waals surface area contributed by atoms with Crippen molar-refractivity contribution in [3.05, 3.63) is 65.0 Å². The van der Waals surface area contributed by atoms with Gasteiger partial charge < -0.3 is 5.32 Å². The zero-order chi connectivity index (χ0) is 18.5. The zero-order valence-electron chi connectivity index (χ0n) is 14.8. The molecular formula is C21H22FNO2S. The highest BCUT2D eigenvalue weighted by Crippen LogP contribution is 2.36. The zero-order valence-corrected chi connectivity index (χ0v) is 15.6. The Bertz CT molecular complexity index is 804. The molecule has 3 nitrogen and oxygen atoms in total. The molecule has 5 heteroatoms. The quantitative estimate of drug-likeness (QED) is 0.749. The molecule has 1 aliphatic heterocycles. The average molecular weight is 371 g/mol. The molecule has 0 aromatic heterocycles. The third-order valence-electron chi connectivity index (χ3n) is 4.61. The van der Waals surface area contributed by atoms with Gasteiger partial charge in [0.05, 0.1) is 6.04 Å². The second kappa shape index (κ2) is 8.49. The Balaban J connectivity index is 1.56. The van der Waals surface area contributed by atoms with E-state index in [1.54, 1.807) is 17.8 Å². The van der Waals surface area contributed by atoms with Crippen LogP contribution in [-0.4, -0.2) is 17.4 Å². The van der Waals surface area contributed by atoms with Crippen molar-refractivity contribution in [1.29, 1.82) is 0 Å². The maximum absolute atomic E-state index is 13.5. The van der Waals surface area contributed by atoms with Gasteiger partial charge in [-0.1, -0.05) is 31.2 Å². The largest absolute Gasteiger partial charge is 0.349 e. The van der Waals surface area contributed by atoms with Crippen LogP contribution in [0.25, 0.3) is 0 Å². The number of hydrogen-bond donors (Lipinski definition) is 1. The number of thioether (sulfide) groups is 1. The van der Waals surface area contributed by atoms with Crippen molar-refractivity contribution in [3.8, 4) is 0 Å². The first-order chi connectivity index (χ1) is 12.6. The molecular weight excluding hydrogens is 349 g/mol. The number of carbonyl (C=O) groups is 2. The summed E-state index contributed by atoms with van der Waals surface area (Å²) in [6, 6.07) is 12.0. The summed E-state index contributed by atoms with van der Waals surface area (Å²) in [5.41, 5.74) is 2.65. The number of fused-ring (bicyclic) bond motifs is 1. The second-order valence-corrected chi connectivity index (χ2v) is 7.55. The van der Waals surface area contributed by atoms with Crippen molar-refractivity contribution < 1.29 is 14.0 Å². The molecule has 0 fully saturated rings. The number of nitrogens with one attached hydrogen (secondary N) is 1. The van der Waals surface area contributed by atoms with Crippen LogP contribution in [0.15, 0.2) is 47.4 Å². The molecule has 1 atom stereocenters. The van der Waals surface area contributed by atoms with E-state index in [9.17, 15) is 14.0 Å². The molecule has 0 saturated heterocycles. The van der Waals surface area contributed by atoms with E-state index < -0.39 is 0 Å². The Labute approximate surface area is 157 Å². The lowest BCUT2D eigenvalue weighted by Crippen LogP contribution is -2.31. The third-order valence-corrected chi connectivity index (χ3v) is 5.73. The van der Waals surface area contributed by atoms with E-state index in [-0.39, 0.29) is 36.4 Å². The smallest absolute Gasteiger partial charge is 0.220 e. The maximum atomic E-state index is 13.5. The molecule has 1 heterocycles. The predicted octanol–water partition coefficient (Wildman–Crippen LogP) is 4.70. The number of aryl methyl sites for hydroxylation is 1. The summed E-state index contributed by atoms with van der Waals surface area (Å²) >= 11 is 1.67. The van der Waals surface area contributed by atoms with Gasteiger partial charge in [-0.2, -0.15) is 0 Å². The lowest BCUT2D eigenvalue weighted by atomic mass is 10.0. The molecule has 2 aromatic carbocycles. The summed E-state index contributed by atoms with van der Waals surface area (Å²) in [5, 5.41) is 2.96. The van der Waals surface area contributed by atoms with Crippen LogP contribution in [0.1, 0.15) is 53.7 Å². The number of halogens is 1. The standard InChI is InChI=1S/C21H22FNO2S/c1-2-14-3-5-15(6-4-14)19(24)8-10-21(25)23-18-11-12-26-20-9-7-16(22)13-17(18)20/h3-7,9,13,18H,2,8,10-12H2,1H3,(H,23,25). The molecule has 1 aliphatic rings. The fraction of sp³-hybridized carbons (Fsp3) is 0.333. The van der Waals surface area contributed by atoms with Gasteiger partial charge in [-0.25, -0.2) is 4.39 Å². The number of ketones is 1. The Morgan fingerprint density at radius 1 is 1.15 bits per heavy atom. The summed E-state index contributed by atoms with van der Waals surface area (Å²) in [6.45, 7) is 2.06. The van der Waals surface area contributed by atoms with Gasteiger partial charge in [0.25, 0.3) is 0 Å². The Hall–Kier alpha value is -2.14. The Morgan fingerprint density at radius 2 is 1.92 bits per heavy atom. The number of hydrogen-bond acceptors (Lipinski definition) is 3. The molecule has 136 valence electrons. The number of rotatable bonds is 6. The van der Waals surface area contributed by atoms with Crippen LogP contribution >= 0.6 is 11.8 Å². The normalized spacial score (nSPS) is 16.0. The summed E-state index contributed by atoms with van der Waals surface area (Å²) in [7, 11) is 0. The molecule has 1 unspecified atom stereocenters. The first kappa shape index (κ1) is 18.6. The van der Waals surface area contributed by atoms with Gasteiger partial charge in [0, 0.05) is 29.1 Å². The van der Waals surface area contributed by atoms with Crippen LogP contribution in [0.4, 0.5) is 4.39 Å². The van der Waals surface area contributed by atoms with Crippen LogP contribution in [-0.2, 0) is 11.2 Å². The second-order valence-electron chi connectivity index (χ2n) is 6.41. The van der Waals surface area contributed by atoms with Crippen LogP contribution in [0.2, 0.25) is 0 Å². The maximum Gasteiger partial charge on any atom is 0.220 e. The predicted molar refractivity (Wildman–Crippen MR) is 102 cm³/mol. The number of carbonyl (C=O) groups excluding carboxylic acids is 2. The molecule has 0 radical (unpaired) electrons. The van der Waals surface area contributed by atoms with Crippen molar-refractivity contribution in [2.75, 3.05) is 5.75 Å². The summed E-state index contributed by atoms with van der Waals surface area (Å²) in [6.07, 6.45) is 2.01. The molecule has 1 amide bonds.